The zero-order valence-electron chi connectivity index (χ0n) is 46.8. The molecule has 4 aromatic carbocycles. The van der Waals surface area contributed by atoms with Gasteiger partial charge in [0, 0.05) is 69.5 Å². The van der Waals surface area contributed by atoms with E-state index in [4.69, 9.17) is 25.2 Å². The van der Waals surface area contributed by atoms with Crippen LogP contribution in [0.3, 0.4) is 0 Å². The maximum atomic E-state index is 14.1. The monoisotopic (exact) mass is 1190 g/mol. The maximum absolute atomic E-state index is 14.1. The third-order valence-electron chi connectivity index (χ3n) is 14.4. The number of aromatic nitrogens is 2. The number of anilines is 2. The lowest BCUT2D eigenvalue weighted by Crippen LogP contribution is -2.47. The van der Waals surface area contributed by atoms with Gasteiger partial charge < -0.3 is 40.8 Å². The second-order valence-electron chi connectivity index (χ2n) is 22.3. The van der Waals surface area contributed by atoms with Crippen LogP contribution in [0.2, 0.25) is 0 Å². The standard InChI is InChI=1S/C33H43N3O7S2.C24H32N4O3S2.C2H3N/c1-21(2)19-36(45(39,40)25-10-11-27-30(18-25)44-33(35-27)34-24-8-9-24)20-28(37)23(16-22-6-4-3-5-7-22)17-31(38)43-29-13-15-42-32-26(29)12-14-41-32;1-16(2)14-28(15-22(29)20(25)12-17-6-4-3-5-7-17)33(30,31)19-10-11-21-23(13-19)32-24(27-21)26-18-8-9-18;1-2-3/h3-7,10-11,18,21,23-24,26,28-29,32,37H,8-9,12-17,19-20H2,1-2H3,(H,34,35);3-7,10-11,13,16,18,20,22,29H,8-9,12,14-15,25H2,1-2H3,(H,26,27);1H3/t23-,26+,28-,29+,32-;20-,22+;/m10./s1. The lowest BCUT2D eigenvalue weighted by molar-refractivity contribution is -0.195. The summed E-state index contributed by atoms with van der Waals surface area (Å²) in [6.07, 6.45) is 4.01. The summed E-state index contributed by atoms with van der Waals surface area (Å²) >= 11 is 2.91. The van der Waals surface area contributed by atoms with Gasteiger partial charge in [-0.2, -0.15) is 13.9 Å². The molecule has 0 spiro atoms. The van der Waals surface area contributed by atoms with Gasteiger partial charge in [0.25, 0.3) is 0 Å². The van der Waals surface area contributed by atoms with Gasteiger partial charge in [0.1, 0.15) is 6.10 Å². The number of thiazole rings is 2. The molecular formula is C59H78N8O10S4. The van der Waals surface area contributed by atoms with Crippen LogP contribution in [-0.4, -0.2) is 134 Å². The fourth-order valence-electron chi connectivity index (χ4n) is 9.90. The summed E-state index contributed by atoms with van der Waals surface area (Å²) in [6.45, 7) is 10.6. The molecule has 6 N–H and O–H groups in total. The fraction of sp³-hybridized carbons (Fsp3) is 0.525. The number of sulfonamides is 2. The predicted octanol–water partition coefficient (Wildman–Crippen LogP) is 8.80. The molecule has 81 heavy (non-hydrogen) atoms. The highest BCUT2D eigenvalue weighted by Crippen LogP contribution is 2.36. The highest BCUT2D eigenvalue weighted by atomic mass is 32.2. The van der Waals surface area contributed by atoms with Gasteiger partial charge in [0.15, 0.2) is 16.6 Å². The lowest BCUT2D eigenvalue weighted by atomic mass is 9.90. The van der Waals surface area contributed by atoms with E-state index in [1.54, 1.807) is 42.5 Å². The molecule has 2 aliphatic carbocycles. The fourth-order valence-corrected chi connectivity index (χ4v) is 15.3. The number of rotatable bonds is 25. The van der Waals surface area contributed by atoms with E-state index < -0.39 is 50.2 Å². The normalized spacial score (nSPS) is 19.7. The molecule has 2 saturated carbocycles. The summed E-state index contributed by atoms with van der Waals surface area (Å²) in [5.41, 5.74) is 9.74. The van der Waals surface area contributed by atoms with Crippen LogP contribution >= 0.6 is 22.7 Å². The van der Waals surface area contributed by atoms with E-state index in [0.717, 1.165) is 73.9 Å². The molecule has 4 heterocycles. The van der Waals surface area contributed by atoms with Crippen LogP contribution in [0.15, 0.2) is 107 Å². The van der Waals surface area contributed by atoms with Crippen molar-refractivity contribution in [1.29, 1.82) is 5.26 Å². The van der Waals surface area contributed by atoms with E-state index in [1.165, 1.54) is 38.2 Å². The number of esters is 1. The van der Waals surface area contributed by atoms with Gasteiger partial charge in [-0.15, -0.1) is 0 Å². The Bertz CT molecular complexity index is 3260. The Labute approximate surface area is 485 Å². The summed E-state index contributed by atoms with van der Waals surface area (Å²) in [7, 11) is -7.78. The smallest absolute Gasteiger partial charge is 0.306 e. The predicted molar refractivity (Wildman–Crippen MR) is 318 cm³/mol. The number of hydrogen-bond donors (Lipinski definition) is 5. The van der Waals surface area contributed by atoms with Crippen LogP contribution < -0.4 is 16.4 Å². The minimum absolute atomic E-state index is 0.00308. The van der Waals surface area contributed by atoms with Crippen molar-refractivity contribution in [2.75, 3.05) is 50.0 Å². The molecular weight excluding hydrogens is 1110 g/mol. The minimum Gasteiger partial charge on any atom is -0.462 e. The zero-order chi connectivity index (χ0) is 57.8. The first-order valence-electron chi connectivity index (χ1n) is 28.1. The number of nitriles is 1. The number of hydrogen-bond acceptors (Lipinski definition) is 18. The van der Waals surface area contributed by atoms with Crippen LogP contribution in [-0.2, 0) is 51.9 Å². The molecule has 2 aromatic heterocycles. The molecule has 0 unspecified atom stereocenters. The molecule has 2 aliphatic heterocycles. The van der Waals surface area contributed by atoms with Crippen molar-refractivity contribution in [3.05, 3.63) is 108 Å². The van der Waals surface area contributed by atoms with Gasteiger partial charge in [0.2, 0.25) is 20.0 Å². The summed E-state index contributed by atoms with van der Waals surface area (Å²) in [5.74, 6) is -0.847. The summed E-state index contributed by atoms with van der Waals surface area (Å²) in [4.78, 5) is 22.9. The minimum atomic E-state index is -3.96. The molecule has 6 aromatic rings. The van der Waals surface area contributed by atoms with E-state index in [0.29, 0.717) is 51.1 Å². The number of nitrogens with zero attached hydrogens (tertiary/aromatic N) is 5. The van der Waals surface area contributed by atoms with E-state index in [9.17, 15) is 31.8 Å². The molecule has 22 heteroatoms. The van der Waals surface area contributed by atoms with Crippen molar-refractivity contribution in [2.24, 2.45) is 29.4 Å². The molecule has 18 nitrogen and oxygen atoms in total. The Morgan fingerprint density at radius 2 is 1.16 bits per heavy atom. The van der Waals surface area contributed by atoms with Crippen LogP contribution in [0, 0.1) is 35.0 Å². The Balaban J connectivity index is 0.000000212. The molecule has 4 aliphatic rings. The number of benzene rings is 4. The number of nitrogens with two attached hydrogens (primary N) is 1. The van der Waals surface area contributed by atoms with E-state index >= 15 is 0 Å². The van der Waals surface area contributed by atoms with Crippen molar-refractivity contribution in [2.45, 2.75) is 145 Å². The molecule has 7 atom stereocenters. The zero-order valence-corrected chi connectivity index (χ0v) is 50.1. The molecule has 4 fully saturated rings. The number of aliphatic hydroxyl groups is 2. The van der Waals surface area contributed by atoms with Gasteiger partial charge in [-0.25, -0.2) is 26.8 Å². The summed E-state index contributed by atoms with van der Waals surface area (Å²) < 4.78 is 76.9. The summed E-state index contributed by atoms with van der Waals surface area (Å²) in [6, 6.07) is 31.4. The molecule has 0 amide bonds. The number of fused-ring (bicyclic) bond motifs is 3. The number of carbonyl (C=O) groups is 1. The second kappa shape index (κ2) is 28.4. The quantitative estimate of drug-likeness (QED) is 0.0335. The lowest BCUT2D eigenvalue weighted by Gasteiger charge is -2.33. The Kier molecular flexibility index (Phi) is 21.7. The third kappa shape index (κ3) is 17.5. The Morgan fingerprint density at radius 3 is 1.63 bits per heavy atom. The van der Waals surface area contributed by atoms with Crippen LogP contribution in [0.5, 0.6) is 0 Å². The SMILES string of the molecule is CC#N.CC(C)CN(C[C@@H](O)[C@@H](CC(=O)O[C@H]1CCO[C@H]2OCC[C@H]21)Cc1ccccc1)S(=O)(=O)c1ccc2nc(NC3CC3)sc2c1.CC(C)CN(C[C@@H](O)[C@@H](N)Cc1ccccc1)S(=O)(=O)c1ccc2nc(NC3CC3)sc2c1. The average Bonchev–Trinajstić information content (AvgIpc) is 4.37. The molecule has 10 rings (SSSR count). The van der Waals surface area contributed by atoms with Crippen molar-refractivity contribution in [3.8, 4) is 6.07 Å². The third-order valence-corrected chi connectivity index (χ3v) is 19.9. The number of carbonyl (C=O) groups excluding carboxylic acids is 1. The second-order valence-corrected chi connectivity index (χ2v) is 28.2. The van der Waals surface area contributed by atoms with Crippen LogP contribution in [0.25, 0.3) is 20.4 Å². The number of aliphatic hydroxyl groups excluding tert-OH is 2. The van der Waals surface area contributed by atoms with E-state index in [1.807, 2.05) is 88.4 Å². The molecule has 0 bridgehead atoms. The number of ether oxygens (including phenoxy) is 3. The molecule has 438 valence electrons. The summed E-state index contributed by atoms with van der Waals surface area (Å²) in [5, 5.41) is 38.1. The average molecular weight is 1190 g/mol. The molecule has 2 saturated heterocycles. The largest absolute Gasteiger partial charge is 0.462 e. The van der Waals surface area contributed by atoms with Gasteiger partial charge in [-0.05, 0) is 104 Å². The first-order valence-corrected chi connectivity index (χ1v) is 32.6. The van der Waals surface area contributed by atoms with Crippen molar-refractivity contribution in [3.63, 3.8) is 0 Å². The van der Waals surface area contributed by atoms with Crippen molar-refractivity contribution in [1.82, 2.24) is 18.6 Å². The van der Waals surface area contributed by atoms with Gasteiger partial charge in [-0.3, -0.25) is 4.79 Å². The van der Waals surface area contributed by atoms with Gasteiger partial charge >= 0.3 is 5.97 Å². The van der Waals surface area contributed by atoms with E-state index in [2.05, 4.69) is 20.6 Å². The van der Waals surface area contributed by atoms with E-state index in [-0.39, 0.29) is 66.0 Å². The van der Waals surface area contributed by atoms with Gasteiger partial charge in [0.05, 0.1) is 68.1 Å². The maximum Gasteiger partial charge on any atom is 0.306 e. The Hall–Kier alpha value is -5.16. The van der Waals surface area contributed by atoms with Crippen molar-refractivity contribution >= 4 is 79.4 Å². The van der Waals surface area contributed by atoms with Gasteiger partial charge in [-0.1, -0.05) is 111 Å². The highest BCUT2D eigenvalue weighted by Gasteiger charge is 2.42. The number of nitrogens with one attached hydrogen (secondary N) is 2. The first-order chi connectivity index (χ1) is 38.8. The molecule has 0 radical (unpaired) electrons. The van der Waals surface area contributed by atoms with Crippen molar-refractivity contribution < 1.29 is 46.1 Å². The van der Waals surface area contributed by atoms with Crippen LogP contribution in [0.4, 0.5) is 10.3 Å². The first kappa shape index (κ1) is 61.9. The van der Waals surface area contributed by atoms with Crippen LogP contribution in [0.1, 0.15) is 90.7 Å². The highest BCUT2D eigenvalue weighted by molar-refractivity contribution is 7.89. The Morgan fingerprint density at radius 1 is 0.704 bits per heavy atom. The topological polar surface area (TPSA) is 260 Å².